The first kappa shape index (κ1) is 14.2. The van der Waals surface area contributed by atoms with Crippen molar-refractivity contribution in [2.45, 2.75) is 12.5 Å². The van der Waals surface area contributed by atoms with Gasteiger partial charge in [-0.15, -0.1) is 0 Å². The molecule has 1 amide bonds. The van der Waals surface area contributed by atoms with Crippen molar-refractivity contribution in [1.29, 1.82) is 0 Å². The second kappa shape index (κ2) is 5.58. The molecule has 2 aromatic rings. The molecular formula is C16H13Cl2NO2. The molecule has 108 valence electrons. The Morgan fingerprint density at radius 1 is 1.14 bits per heavy atom. The summed E-state index contributed by atoms with van der Waals surface area (Å²) >= 11 is 12.1. The van der Waals surface area contributed by atoms with E-state index in [0.717, 1.165) is 16.7 Å². The molecule has 1 heterocycles. The second-order valence-corrected chi connectivity index (χ2v) is 5.90. The molecule has 0 bridgehead atoms. The van der Waals surface area contributed by atoms with Crippen LogP contribution < -0.4 is 0 Å². The molecular weight excluding hydrogens is 309 g/mol. The van der Waals surface area contributed by atoms with Gasteiger partial charge >= 0.3 is 6.09 Å². The van der Waals surface area contributed by atoms with E-state index in [0.29, 0.717) is 23.1 Å². The maximum absolute atomic E-state index is 11.3. The van der Waals surface area contributed by atoms with E-state index in [1.807, 2.05) is 36.4 Å². The largest absolute Gasteiger partial charge is 0.465 e. The van der Waals surface area contributed by atoms with Gasteiger partial charge in [0.15, 0.2) is 0 Å². The van der Waals surface area contributed by atoms with Gasteiger partial charge < -0.3 is 10.0 Å². The van der Waals surface area contributed by atoms with E-state index in [-0.39, 0.29) is 5.92 Å². The first-order valence-electron chi connectivity index (χ1n) is 6.57. The lowest BCUT2D eigenvalue weighted by atomic mass is 9.85. The monoisotopic (exact) mass is 321 g/mol. The zero-order chi connectivity index (χ0) is 15.0. The summed E-state index contributed by atoms with van der Waals surface area (Å²) in [6.45, 7) is 0.841. The minimum Gasteiger partial charge on any atom is -0.465 e. The van der Waals surface area contributed by atoms with E-state index < -0.39 is 6.09 Å². The molecule has 0 saturated heterocycles. The number of nitrogens with zero attached hydrogens (tertiary/aromatic N) is 1. The van der Waals surface area contributed by atoms with Crippen LogP contribution in [0.1, 0.15) is 22.6 Å². The van der Waals surface area contributed by atoms with Crippen molar-refractivity contribution < 1.29 is 9.90 Å². The molecule has 3 rings (SSSR count). The summed E-state index contributed by atoms with van der Waals surface area (Å²) < 4.78 is 0. The SMILES string of the molecule is O=C(O)N1Cc2ccccc2C(c2ccc(Cl)c(Cl)c2)C1. The average molecular weight is 322 g/mol. The molecule has 0 saturated carbocycles. The van der Waals surface area contributed by atoms with E-state index in [4.69, 9.17) is 23.2 Å². The Hall–Kier alpha value is -1.71. The smallest absolute Gasteiger partial charge is 0.407 e. The Kier molecular flexibility index (Phi) is 3.79. The van der Waals surface area contributed by atoms with Crippen LogP contribution in [0.2, 0.25) is 10.0 Å². The van der Waals surface area contributed by atoms with Gasteiger partial charge in [0.2, 0.25) is 0 Å². The summed E-state index contributed by atoms with van der Waals surface area (Å²) in [7, 11) is 0. The fourth-order valence-corrected chi connectivity index (χ4v) is 3.07. The number of rotatable bonds is 1. The molecule has 0 fully saturated rings. The van der Waals surface area contributed by atoms with Crippen molar-refractivity contribution in [3.8, 4) is 0 Å². The summed E-state index contributed by atoms with van der Waals surface area (Å²) in [4.78, 5) is 12.8. The third-order valence-corrected chi connectivity index (χ3v) is 4.55. The zero-order valence-electron chi connectivity index (χ0n) is 11.1. The van der Waals surface area contributed by atoms with Gasteiger partial charge in [-0.25, -0.2) is 4.79 Å². The predicted octanol–water partition coefficient (Wildman–Crippen LogP) is 4.62. The van der Waals surface area contributed by atoms with Crippen LogP contribution in [0, 0.1) is 0 Å². The van der Waals surface area contributed by atoms with Gasteiger partial charge in [0.05, 0.1) is 10.0 Å². The lowest BCUT2D eigenvalue weighted by Gasteiger charge is -2.33. The zero-order valence-corrected chi connectivity index (χ0v) is 12.6. The molecule has 1 N–H and O–H groups in total. The minimum atomic E-state index is -0.908. The van der Waals surface area contributed by atoms with Crippen molar-refractivity contribution in [3.63, 3.8) is 0 Å². The van der Waals surface area contributed by atoms with Crippen LogP contribution >= 0.6 is 23.2 Å². The maximum Gasteiger partial charge on any atom is 0.407 e. The number of benzene rings is 2. The molecule has 1 unspecified atom stereocenters. The lowest BCUT2D eigenvalue weighted by Crippen LogP contribution is -2.37. The van der Waals surface area contributed by atoms with Gasteiger partial charge in [0, 0.05) is 19.0 Å². The molecule has 21 heavy (non-hydrogen) atoms. The highest BCUT2D eigenvalue weighted by molar-refractivity contribution is 6.42. The highest BCUT2D eigenvalue weighted by Gasteiger charge is 2.29. The van der Waals surface area contributed by atoms with E-state index >= 15 is 0 Å². The van der Waals surface area contributed by atoms with Crippen LogP contribution in [0.25, 0.3) is 0 Å². The molecule has 0 radical (unpaired) electrons. The van der Waals surface area contributed by atoms with Crippen molar-refractivity contribution >= 4 is 29.3 Å². The lowest BCUT2D eigenvalue weighted by molar-refractivity contribution is 0.137. The van der Waals surface area contributed by atoms with Crippen LogP contribution in [-0.4, -0.2) is 22.6 Å². The summed E-state index contributed by atoms with van der Waals surface area (Å²) in [5.74, 6) is -0.0270. The molecule has 1 aliphatic heterocycles. The van der Waals surface area contributed by atoms with Crippen LogP contribution in [0.15, 0.2) is 42.5 Å². The number of hydrogen-bond donors (Lipinski definition) is 1. The third kappa shape index (κ3) is 2.71. The summed E-state index contributed by atoms with van der Waals surface area (Å²) in [5, 5.41) is 10.3. The molecule has 3 nitrogen and oxygen atoms in total. The number of fused-ring (bicyclic) bond motifs is 1. The van der Waals surface area contributed by atoms with Crippen molar-refractivity contribution in [2.75, 3.05) is 6.54 Å². The highest BCUT2D eigenvalue weighted by atomic mass is 35.5. The Balaban J connectivity index is 2.07. The van der Waals surface area contributed by atoms with Gasteiger partial charge in [-0.1, -0.05) is 53.5 Å². The van der Waals surface area contributed by atoms with E-state index in [9.17, 15) is 9.90 Å². The number of amides is 1. The number of hydrogen-bond acceptors (Lipinski definition) is 1. The molecule has 1 aliphatic rings. The molecule has 2 aromatic carbocycles. The quantitative estimate of drug-likeness (QED) is 0.832. The van der Waals surface area contributed by atoms with Crippen molar-refractivity contribution in [3.05, 3.63) is 69.2 Å². The average Bonchev–Trinajstić information content (AvgIpc) is 2.49. The Bertz CT molecular complexity index is 702. The van der Waals surface area contributed by atoms with Crippen molar-refractivity contribution in [1.82, 2.24) is 4.90 Å². The van der Waals surface area contributed by atoms with Crippen LogP contribution in [-0.2, 0) is 6.54 Å². The summed E-state index contributed by atoms with van der Waals surface area (Å²) in [6, 6.07) is 13.4. The molecule has 0 spiro atoms. The molecule has 0 aromatic heterocycles. The first-order valence-corrected chi connectivity index (χ1v) is 7.32. The molecule has 5 heteroatoms. The maximum atomic E-state index is 11.3. The number of carbonyl (C=O) groups is 1. The van der Waals surface area contributed by atoms with Gasteiger partial charge in [-0.3, -0.25) is 0 Å². The van der Waals surface area contributed by atoms with E-state index in [1.54, 1.807) is 6.07 Å². The Labute approximate surface area is 132 Å². The second-order valence-electron chi connectivity index (χ2n) is 5.09. The molecule has 0 aliphatic carbocycles. The number of halogens is 2. The minimum absolute atomic E-state index is 0.0270. The normalized spacial score (nSPS) is 17.4. The topological polar surface area (TPSA) is 40.5 Å². The highest BCUT2D eigenvalue weighted by Crippen LogP contribution is 2.35. The van der Waals surface area contributed by atoms with E-state index in [2.05, 4.69) is 0 Å². The van der Waals surface area contributed by atoms with Gasteiger partial charge in [0.1, 0.15) is 0 Å². The molecule has 1 atom stereocenters. The summed E-state index contributed by atoms with van der Waals surface area (Å²) in [5.41, 5.74) is 3.15. The van der Waals surface area contributed by atoms with Crippen molar-refractivity contribution in [2.24, 2.45) is 0 Å². The third-order valence-electron chi connectivity index (χ3n) is 3.81. The Morgan fingerprint density at radius 2 is 1.90 bits per heavy atom. The first-order chi connectivity index (χ1) is 10.1. The van der Waals surface area contributed by atoms with Gasteiger partial charge in [-0.05, 0) is 28.8 Å². The van der Waals surface area contributed by atoms with Crippen LogP contribution in [0.3, 0.4) is 0 Å². The van der Waals surface area contributed by atoms with Gasteiger partial charge in [-0.2, -0.15) is 0 Å². The Morgan fingerprint density at radius 3 is 2.62 bits per heavy atom. The van der Waals surface area contributed by atoms with Gasteiger partial charge in [0.25, 0.3) is 0 Å². The van der Waals surface area contributed by atoms with Crippen LogP contribution in [0.5, 0.6) is 0 Å². The fourth-order valence-electron chi connectivity index (χ4n) is 2.77. The van der Waals surface area contributed by atoms with E-state index in [1.165, 1.54) is 4.90 Å². The van der Waals surface area contributed by atoms with Crippen LogP contribution in [0.4, 0.5) is 4.79 Å². The number of carboxylic acid groups (broad SMARTS) is 1. The summed E-state index contributed by atoms with van der Waals surface area (Å²) in [6.07, 6.45) is -0.908. The standard InChI is InChI=1S/C16H13Cl2NO2/c17-14-6-5-10(7-15(14)18)13-9-19(16(20)21)8-11-3-1-2-4-12(11)13/h1-7,13H,8-9H2,(H,20,21). The predicted molar refractivity (Wildman–Crippen MR) is 83.2 cm³/mol. The fraction of sp³-hybridized carbons (Fsp3) is 0.188.